The number of carbonyl (C=O) groups excluding carboxylic acids is 1. The summed E-state index contributed by atoms with van der Waals surface area (Å²) in [6, 6.07) is 17.8. The number of benzene rings is 2. The summed E-state index contributed by atoms with van der Waals surface area (Å²) < 4.78 is 5.29. The van der Waals surface area contributed by atoms with Gasteiger partial charge in [0.1, 0.15) is 5.75 Å². The van der Waals surface area contributed by atoms with Gasteiger partial charge in [0.15, 0.2) is 0 Å². The van der Waals surface area contributed by atoms with Gasteiger partial charge >= 0.3 is 0 Å². The van der Waals surface area contributed by atoms with Crippen molar-refractivity contribution in [3.05, 3.63) is 60.2 Å². The molecular formula is C20H25N3O2. The fourth-order valence-electron chi connectivity index (χ4n) is 3.28. The van der Waals surface area contributed by atoms with Crippen LogP contribution < -0.4 is 15.4 Å². The lowest BCUT2D eigenvalue weighted by Crippen LogP contribution is -2.50. The van der Waals surface area contributed by atoms with E-state index in [2.05, 4.69) is 11.0 Å². The van der Waals surface area contributed by atoms with E-state index in [4.69, 9.17) is 10.5 Å². The van der Waals surface area contributed by atoms with E-state index in [-0.39, 0.29) is 11.8 Å². The highest BCUT2D eigenvalue weighted by Gasteiger charge is 2.27. The number of methoxy groups -OCH3 is 1. The summed E-state index contributed by atoms with van der Waals surface area (Å²) in [7, 11) is 1.67. The molecule has 1 unspecified atom stereocenters. The van der Waals surface area contributed by atoms with Crippen molar-refractivity contribution in [1.29, 1.82) is 0 Å². The second-order valence-electron chi connectivity index (χ2n) is 6.21. The van der Waals surface area contributed by atoms with E-state index in [1.54, 1.807) is 7.11 Å². The monoisotopic (exact) mass is 339 g/mol. The van der Waals surface area contributed by atoms with Gasteiger partial charge in [-0.05, 0) is 17.7 Å². The summed E-state index contributed by atoms with van der Waals surface area (Å²) in [5.41, 5.74) is 8.01. The van der Waals surface area contributed by atoms with Crippen LogP contribution >= 0.6 is 0 Å². The summed E-state index contributed by atoms with van der Waals surface area (Å²) >= 11 is 0. The first-order chi connectivity index (χ1) is 12.2. The molecule has 1 atom stereocenters. The quantitative estimate of drug-likeness (QED) is 0.906. The summed E-state index contributed by atoms with van der Waals surface area (Å²) in [5.74, 6) is 0.715. The van der Waals surface area contributed by atoms with Crippen LogP contribution in [0.3, 0.4) is 0 Å². The highest BCUT2D eigenvalue weighted by Crippen LogP contribution is 2.23. The van der Waals surface area contributed by atoms with Gasteiger partial charge in [-0.15, -0.1) is 0 Å². The first kappa shape index (κ1) is 17.3. The minimum atomic E-state index is -0.260. The molecular weight excluding hydrogens is 314 g/mol. The average Bonchev–Trinajstić information content (AvgIpc) is 2.69. The Morgan fingerprint density at radius 1 is 1.08 bits per heavy atom. The lowest BCUT2D eigenvalue weighted by Gasteiger charge is -2.37. The smallest absolute Gasteiger partial charge is 0.231 e. The van der Waals surface area contributed by atoms with Crippen LogP contribution in [0.15, 0.2) is 54.6 Å². The van der Waals surface area contributed by atoms with Gasteiger partial charge in [0.25, 0.3) is 0 Å². The second kappa shape index (κ2) is 8.03. The highest BCUT2D eigenvalue weighted by molar-refractivity contribution is 5.84. The zero-order chi connectivity index (χ0) is 17.6. The van der Waals surface area contributed by atoms with Crippen LogP contribution in [0.5, 0.6) is 5.75 Å². The topological polar surface area (TPSA) is 58.8 Å². The molecule has 25 heavy (non-hydrogen) atoms. The summed E-state index contributed by atoms with van der Waals surface area (Å²) in [4.78, 5) is 17.1. The normalized spacial score (nSPS) is 15.8. The van der Waals surface area contributed by atoms with E-state index >= 15 is 0 Å². The molecule has 0 radical (unpaired) electrons. The fraction of sp³-hybridized carbons (Fsp3) is 0.350. The van der Waals surface area contributed by atoms with Crippen LogP contribution in [0, 0.1) is 0 Å². The van der Waals surface area contributed by atoms with Crippen molar-refractivity contribution in [2.24, 2.45) is 5.73 Å². The lowest BCUT2D eigenvalue weighted by atomic mass is 9.97. The number of carbonyl (C=O) groups is 1. The zero-order valence-corrected chi connectivity index (χ0v) is 14.6. The maximum Gasteiger partial charge on any atom is 0.231 e. The van der Waals surface area contributed by atoms with Crippen molar-refractivity contribution >= 4 is 11.6 Å². The summed E-state index contributed by atoms with van der Waals surface area (Å²) in [5, 5.41) is 0. The van der Waals surface area contributed by atoms with Crippen LogP contribution in [-0.4, -0.2) is 50.6 Å². The minimum absolute atomic E-state index is 0.124. The van der Waals surface area contributed by atoms with Crippen molar-refractivity contribution < 1.29 is 9.53 Å². The van der Waals surface area contributed by atoms with Crippen LogP contribution in [-0.2, 0) is 4.79 Å². The maximum atomic E-state index is 12.9. The molecule has 2 aromatic carbocycles. The first-order valence-electron chi connectivity index (χ1n) is 8.65. The molecule has 5 nitrogen and oxygen atoms in total. The molecule has 1 aliphatic heterocycles. The van der Waals surface area contributed by atoms with E-state index in [0.717, 1.165) is 30.1 Å². The van der Waals surface area contributed by atoms with E-state index in [1.807, 2.05) is 53.4 Å². The molecule has 2 N–H and O–H groups in total. The first-order valence-corrected chi connectivity index (χ1v) is 8.65. The molecule has 3 rings (SSSR count). The van der Waals surface area contributed by atoms with Crippen molar-refractivity contribution in [3.8, 4) is 5.75 Å². The Hall–Kier alpha value is -2.53. The fourth-order valence-corrected chi connectivity index (χ4v) is 3.28. The van der Waals surface area contributed by atoms with Crippen molar-refractivity contribution in [1.82, 2.24) is 4.90 Å². The van der Waals surface area contributed by atoms with E-state index < -0.39 is 0 Å². The molecule has 1 saturated heterocycles. The van der Waals surface area contributed by atoms with Crippen LogP contribution in [0.1, 0.15) is 11.5 Å². The second-order valence-corrected chi connectivity index (χ2v) is 6.21. The van der Waals surface area contributed by atoms with Gasteiger partial charge in [0.05, 0.1) is 13.0 Å². The Balaban J connectivity index is 1.64. The van der Waals surface area contributed by atoms with Gasteiger partial charge in [-0.25, -0.2) is 0 Å². The molecule has 0 aromatic heterocycles. The molecule has 0 spiro atoms. The molecule has 0 saturated carbocycles. The van der Waals surface area contributed by atoms with Crippen molar-refractivity contribution in [3.63, 3.8) is 0 Å². The Morgan fingerprint density at radius 2 is 1.80 bits per heavy atom. The average molecular weight is 339 g/mol. The third-order valence-corrected chi connectivity index (χ3v) is 4.75. The standard InChI is InChI=1S/C20H25N3O2/c1-25-18-9-5-8-17(14-18)22-10-12-23(13-11-22)20(24)19(15-21)16-6-3-2-4-7-16/h2-9,14,19H,10-13,15,21H2,1H3. The van der Waals surface area contributed by atoms with Crippen molar-refractivity contribution in [2.45, 2.75) is 5.92 Å². The molecule has 132 valence electrons. The molecule has 5 heteroatoms. The van der Waals surface area contributed by atoms with Crippen molar-refractivity contribution in [2.75, 3.05) is 44.7 Å². The van der Waals surface area contributed by atoms with E-state index in [9.17, 15) is 4.79 Å². The van der Waals surface area contributed by atoms with Crippen LogP contribution in [0.2, 0.25) is 0 Å². The zero-order valence-electron chi connectivity index (χ0n) is 14.6. The Morgan fingerprint density at radius 3 is 2.44 bits per heavy atom. The largest absolute Gasteiger partial charge is 0.497 e. The van der Waals surface area contributed by atoms with Gasteiger partial charge < -0.3 is 20.3 Å². The summed E-state index contributed by atoms with van der Waals surface area (Å²) in [6.07, 6.45) is 0. The number of anilines is 1. The molecule has 0 bridgehead atoms. The highest BCUT2D eigenvalue weighted by atomic mass is 16.5. The van der Waals surface area contributed by atoms with Crippen LogP contribution in [0.4, 0.5) is 5.69 Å². The SMILES string of the molecule is COc1cccc(N2CCN(C(=O)C(CN)c3ccccc3)CC2)c1. The van der Waals surface area contributed by atoms with Gasteiger partial charge in [-0.2, -0.15) is 0 Å². The predicted octanol–water partition coefficient (Wildman–Crippen LogP) is 2.09. The molecule has 1 fully saturated rings. The number of nitrogens with two attached hydrogens (primary N) is 1. The van der Waals surface area contributed by atoms with Gasteiger partial charge in [0, 0.05) is 44.5 Å². The number of piperazine rings is 1. The number of ether oxygens (including phenoxy) is 1. The number of hydrogen-bond acceptors (Lipinski definition) is 4. The molecule has 1 amide bonds. The third-order valence-electron chi connectivity index (χ3n) is 4.75. The number of hydrogen-bond donors (Lipinski definition) is 1. The maximum absolute atomic E-state index is 12.9. The third kappa shape index (κ3) is 3.94. The Kier molecular flexibility index (Phi) is 5.56. The molecule has 1 heterocycles. The van der Waals surface area contributed by atoms with Gasteiger partial charge in [-0.1, -0.05) is 36.4 Å². The number of nitrogens with zero attached hydrogens (tertiary/aromatic N) is 2. The Bertz CT molecular complexity index is 697. The summed E-state index contributed by atoms with van der Waals surface area (Å²) in [6.45, 7) is 3.37. The molecule has 2 aromatic rings. The molecule has 1 aliphatic rings. The lowest BCUT2D eigenvalue weighted by molar-refractivity contribution is -0.132. The number of amides is 1. The Labute approximate surface area is 149 Å². The minimum Gasteiger partial charge on any atom is -0.497 e. The molecule has 0 aliphatic carbocycles. The van der Waals surface area contributed by atoms with Gasteiger partial charge in [0.2, 0.25) is 5.91 Å². The van der Waals surface area contributed by atoms with E-state index in [1.165, 1.54) is 0 Å². The van der Waals surface area contributed by atoms with E-state index in [0.29, 0.717) is 19.6 Å². The predicted molar refractivity (Wildman–Crippen MR) is 100 cm³/mol. The van der Waals surface area contributed by atoms with Gasteiger partial charge in [-0.3, -0.25) is 4.79 Å². The number of rotatable bonds is 5. The van der Waals surface area contributed by atoms with Crippen LogP contribution in [0.25, 0.3) is 0 Å².